The third kappa shape index (κ3) is 3.57. The van der Waals surface area contributed by atoms with Crippen molar-refractivity contribution in [1.82, 2.24) is 4.57 Å². The first-order valence-electron chi connectivity index (χ1n) is 4.80. The Morgan fingerprint density at radius 2 is 2.12 bits per heavy atom. The molecule has 0 aliphatic heterocycles. The second-order valence-electron chi connectivity index (χ2n) is 3.47. The maximum Gasteiger partial charge on any atom is 0.431 e. The molecule has 0 amide bonds. The molecule has 0 aliphatic carbocycles. The van der Waals surface area contributed by atoms with Crippen molar-refractivity contribution in [2.45, 2.75) is 18.8 Å². The standard InChI is InChI=1S/C10H12F3NO3/c1-17-6-7(15)5-14-8(10(11,12)13)3-2-4-9(14)16/h2-4,7,15H,5-6H2,1H3. The molecule has 96 valence electrons. The summed E-state index contributed by atoms with van der Waals surface area (Å²) in [6.45, 7) is -0.596. The van der Waals surface area contributed by atoms with Crippen LogP contribution in [-0.2, 0) is 17.5 Å². The average molecular weight is 251 g/mol. The Morgan fingerprint density at radius 1 is 1.47 bits per heavy atom. The van der Waals surface area contributed by atoms with Crippen LogP contribution >= 0.6 is 0 Å². The maximum atomic E-state index is 12.6. The van der Waals surface area contributed by atoms with E-state index in [0.717, 1.165) is 18.2 Å². The van der Waals surface area contributed by atoms with Crippen LogP contribution in [0.4, 0.5) is 13.2 Å². The summed E-state index contributed by atoms with van der Waals surface area (Å²) in [6, 6.07) is 2.83. The zero-order chi connectivity index (χ0) is 13.1. The van der Waals surface area contributed by atoms with Gasteiger partial charge in [-0.3, -0.25) is 4.79 Å². The van der Waals surface area contributed by atoms with Crippen molar-refractivity contribution in [2.24, 2.45) is 0 Å². The minimum absolute atomic E-state index is 0.140. The minimum atomic E-state index is -4.63. The van der Waals surface area contributed by atoms with Gasteiger partial charge in [-0.15, -0.1) is 0 Å². The number of ether oxygens (including phenoxy) is 1. The zero-order valence-electron chi connectivity index (χ0n) is 9.07. The number of aliphatic hydroxyl groups excluding tert-OH is 1. The monoisotopic (exact) mass is 251 g/mol. The summed E-state index contributed by atoms with van der Waals surface area (Å²) in [4.78, 5) is 11.3. The van der Waals surface area contributed by atoms with E-state index in [4.69, 9.17) is 0 Å². The fourth-order valence-electron chi connectivity index (χ4n) is 1.41. The molecule has 1 unspecified atom stereocenters. The first-order valence-corrected chi connectivity index (χ1v) is 4.80. The highest BCUT2D eigenvalue weighted by atomic mass is 19.4. The van der Waals surface area contributed by atoms with Crippen LogP contribution in [-0.4, -0.2) is 29.5 Å². The van der Waals surface area contributed by atoms with Crippen LogP contribution in [0.2, 0.25) is 0 Å². The van der Waals surface area contributed by atoms with Crippen LogP contribution in [0.3, 0.4) is 0 Å². The molecule has 0 saturated carbocycles. The van der Waals surface area contributed by atoms with Crippen molar-refractivity contribution in [1.29, 1.82) is 0 Å². The highest BCUT2D eigenvalue weighted by molar-refractivity contribution is 5.10. The average Bonchev–Trinajstić information content (AvgIpc) is 2.19. The summed E-state index contributed by atoms with van der Waals surface area (Å²) in [6.07, 6.45) is -5.80. The van der Waals surface area contributed by atoms with Gasteiger partial charge in [0.2, 0.25) is 0 Å². The summed E-state index contributed by atoms with van der Waals surface area (Å²) >= 11 is 0. The van der Waals surface area contributed by atoms with Crippen LogP contribution in [0.15, 0.2) is 23.0 Å². The molecule has 17 heavy (non-hydrogen) atoms. The fourth-order valence-corrected chi connectivity index (χ4v) is 1.41. The number of aliphatic hydroxyl groups is 1. The van der Waals surface area contributed by atoms with Gasteiger partial charge in [0, 0.05) is 13.2 Å². The number of pyridine rings is 1. The molecule has 1 heterocycles. The van der Waals surface area contributed by atoms with E-state index in [1.165, 1.54) is 7.11 Å². The SMILES string of the molecule is COCC(O)Cn1c(C(F)(F)F)cccc1=O. The molecule has 0 spiro atoms. The number of hydrogen-bond donors (Lipinski definition) is 1. The van der Waals surface area contributed by atoms with E-state index in [1.54, 1.807) is 0 Å². The van der Waals surface area contributed by atoms with E-state index in [2.05, 4.69) is 4.74 Å². The lowest BCUT2D eigenvalue weighted by Gasteiger charge is -2.17. The van der Waals surface area contributed by atoms with Crippen molar-refractivity contribution in [3.8, 4) is 0 Å². The van der Waals surface area contributed by atoms with Gasteiger partial charge < -0.3 is 14.4 Å². The largest absolute Gasteiger partial charge is 0.431 e. The molecule has 0 aliphatic rings. The predicted octanol–water partition coefficient (Wildman–Crippen LogP) is 0.874. The molecule has 1 aromatic heterocycles. The molecule has 1 N–H and O–H groups in total. The number of nitrogens with zero attached hydrogens (tertiary/aromatic N) is 1. The van der Waals surface area contributed by atoms with Gasteiger partial charge in [-0.25, -0.2) is 0 Å². The van der Waals surface area contributed by atoms with Crippen LogP contribution < -0.4 is 5.56 Å². The van der Waals surface area contributed by atoms with Gasteiger partial charge in [0.25, 0.3) is 5.56 Å². The van der Waals surface area contributed by atoms with Gasteiger partial charge in [0.15, 0.2) is 0 Å². The number of alkyl halides is 3. The number of rotatable bonds is 4. The molecule has 1 aromatic rings. The number of methoxy groups -OCH3 is 1. The molecule has 0 bridgehead atoms. The predicted molar refractivity (Wildman–Crippen MR) is 53.6 cm³/mol. The first-order chi connectivity index (χ1) is 7.86. The molecule has 0 fully saturated rings. The third-order valence-electron chi connectivity index (χ3n) is 2.09. The molecular formula is C10H12F3NO3. The van der Waals surface area contributed by atoms with E-state index in [0.29, 0.717) is 4.57 Å². The van der Waals surface area contributed by atoms with Gasteiger partial charge in [-0.2, -0.15) is 13.2 Å². The third-order valence-corrected chi connectivity index (χ3v) is 2.09. The Morgan fingerprint density at radius 3 is 2.65 bits per heavy atom. The highest BCUT2D eigenvalue weighted by Crippen LogP contribution is 2.28. The van der Waals surface area contributed by atoms with Crippen molar-refractivity contribution < 1.29 is 23.0 Å². The molecule has 0 radical (unpaired) electrons. The van der Waals surface area contributed by atoms with Gasteiger partial charge in [0.1, 0.15) is 5.69 Å². The first kappa shape index (κ1) is 13.7. The quantitative estimate of drug-likeness (QED) is 0.864. The van der Waals surface area contributed by atoms with Crippen LogP contribution in [0.25, 0.3) is 0 Å². The maximum absolute atomic E-state index is 12.6. The lowest BCUT2D eigenvalue weighted by molar-refractivity contribution is -0.145. The van der Waals surface area contributed by atoms with Crippen LogP contribution in [0.5, 0.6) is 0 Å². The molecule has 0 saturated heterocycles. The minimum Gasteiger partial charge on any atom is -0.389 e. The lowest BCUT2D eigenvalue weighted by Crippen LogP contribution is -2.33. The Balaban J connectivity index is 3.09. The summed E-state index contributed by atoms with van der Waals surface area (Å²) in [5, 5.41) is 9.37. The van der Waals surface area contributed by atoms with E-state index < -0.39 is 30.1 Å². The summed E-state index contributed by atoms with van der Waals surface area (Å²) in [5.41, 5.74) is -1.89. The number of halogens is 3. The van der Waals surface area contributed by atoms with Crippen LogP contribution in [0, 0.1) is 0 Å². The smallest absolute Gasteiger partial charge is 0.389 e. The number of aromatic nitrogens is 1. The summed E-state index contributed by atoms with van der Waals surface area (Å²) in [7, 11) is 1.31. The highest BCUT2D eigenvalue weighted by Gasteiger charge is 2.34. The van der Waals surface area contributed by atoms with E-state index in [1.807, 2.05) is 0 Å². The van der Waals surface area contributed by atoms with Crippen molar-refractivity contribution in [3.05, 3.63) is 34.2 Å². The molecule has 4 nitrogen and oxygen atoms in total. The van der Waals surface area contributed by atoms with E-state index in [-0.39, 0.29) is 6.61 Å². The topological polar surface area (TPSA) is 51.5 Å². The lowest BCUT2D eigenvalue weighted by atomic mass is 10.3. The van der Waals surface area contributed by atoms with Gasteiger partial charge in [-0.1, -0.05) is 6.07 Å². The Kier molecular flexibility index (Phi) is 4.30. The number of hydrogen-bond acceptors (Lipinski definition) is 3. The van der Waals surface area contributed by atoms with E-state index in [9.17, 15) is 23.1 Å². The second-order valence-corrected chi connectivity index (χ2v) is 3.47. The van der Waals surface area contributed by atoms with Crippen molar-refractivity contribution in [3.63, 3.8) is 0 Å². The molecule has 0 aromatic carbocycles. The zero-order valence-corrected chi connectivity index (χ0v) is 9.07. The van der Waals surface area contributed by atoms with Gasteiger partial charge in [-0.05, 0) is 6.07 Å². The van der Waals surface area contributed by atoms with Gasteiger partial charge >= 0.3 is 6.18 Å². The van der Waals surface area contributed by atoms with Crippen LogP contribution in [0.1, 0.15) is 5.69 Å². The molecular weight excluding hydrogens is 239 g/mol. The summed E-state index contributed by atoms with van der Waals surface area (Å²) in [5.74, 6) is 0. The van der Waals surface area contributed by atoms with E-state index >= 15 is 0 Å². The van der Waals surface area contributed by atoms with Crippen molar-refractivity contribution in [2.75, 3.05) is 13.7 Å². The Hall–Kier alpha value is -1.34. The Labute approximate surface area is 95.3 Å². The summed E-state index contributed by atoms with van der Waals surface area (Å²) < 4.78 is 42.9. The molecule has 7 heteroatoms. The molecule has 1 atom stereocenters. The second kappa shape index (κ2) is 5.33. The van der Waals surface area contributed by atoms with Crippen molar-refractivity contribution >= 4 is 0 Å². The fraction of sp³-hybridized carbons (Fsp3) is 0.500. The normalized spacial score (nSPS) is 13.7. The van der Waals surface area contributed by atoms with Gasteiger partial charge in [0.05, 0.1) is 19.3 Å². The molecule has 1 rings (SSSR count). The Bertz CT molecular complexity index is 428.